The highest BCUT2D eigenvalue weighted by atomic mass is 35.5. The molecule has 16 heavy (non-hydrogen) atoms. The van der Waals surface area contributed by atoms with Gasteiger partial charge in [0.2, 0.25) is 0 Å². The van der Waals surface area contributed by atoms with Crippen LogP contribution in [0.4, 0.5) is 0 Å². The van der Waals surface area contributed by atoms with E-state index in [0.717, 1.165) is 12.8 Å². The van der Waals surface area contributed by atoms with Gasteiger partial charge in [-0.05, 0) is 18.9 Å². The largest absolute Gasteiger partial charge is 0.490 e. The van der Waals surface area contributed by atoms with E-state index in [2.05, 4.69) is 10.3 Å². The van der Waals surface area contributed by atoms with E-state index in [1.165, 1.54) is 12.3 Å². The molecule has 0 unspecified atom stereocenters. The Morgan fingerprint density at radius 3 is 2.81 bits per heavy atom. The van der Waals surface area contributed by atoms with Crippen molar-refractivity contribution in [3.05, 3.63) is 23.0 Å². The Balaban J connectivity index is 2.23. The SMILES string of the molecule is O=C(NC1CC1)c1cc(B(O)O)cnc1Cl. The number of carbonyl (C=O) groups is 1. The molecule has 1 heterocycles. The lowest BCUT2D eigenvalue weighted by molar-refractivity contribution is 0.0951. The minimum Gasteiger partial charge on any atom is -0.423 e. The number of nitrogens with zero attached hydrogens (tertiary/aromatic N) is 1. The third-order valence-electron chi connectivity index (χ3n) is 2.32. The molecule has 0 radical (unpaired) electrons. The molecule has 0 saturated heterocycles. The maximum absolute atomic E-state index is 11.7. The molecular formula is C9H10BClN2O3. The minimum atomic E-state index is -1.66. The van der Waals surface area contributed by atoms with Crippen LogP contribution in [-0.4, -0.2) is 34.1 Å². The molecule has 0 aromatic carbocycles. The van der Waals surface area contributed by atoms with Gasteiger partial charge in [-0.15, -0.1) is 0 Å². The first-order valence-corrected chi connectivity index (χ1v) is 5.28. The van der Waals surface area contributed by atoms with E-state index in [1.54, 1.807) is 0 Å². The van der Waals surface area contributed by atoms with Gasteiger partial charge in [-0.25, -0.2) is 4.98 Å². The quantitative estimate of drug-likeness (QED) is 0.482. The predicted molar refractivity (Wildman–Crippen MR) is 59.6 cm³/mol. The topological polar surface area (TPSA) is 82.5 Å². The number of aromatic nitrogens is 1. The Labute approximate surface area is 97.6 Å². The van der Waals surface area contributed by atoms with Crippen molar-refractivity contribution in [3.63, 3.8) is 0 Å². The summed E-state index contributed by atoms with van der Waals surface area (Å²) in [4.78, 5) is 15.4. The van der Waals surface area contributed by atoms with E-state index in [0.29, 0.717) is 0 Å². The molecule has 84 valence electrons. The summed E-state index contributed by atoms with van der Waals surface area (Å²) in [6.07, 6.45) is 3.17. The van der Waals surface area contributed by atoms with Gasteiger partial charge in [0, 0.05) is 17.7 Å². The second-order valence-corrected chi connectivity index (χ2v) is 4.09. The van der Waals surface area contributed by atoms with E-state index in [1.807, 2.05) is 0 Å². The van der Waals surface area contributed by atoms with E-state index < -0.39 is 7.12 Å². The van der Waals surface area contributed by atoms with Crippen molar-refractivity contribution in [2.45, 2.75) is 18.9 Å². The second kappa shape index (κ2) is 4.41. The van der Waals surface area contributed by atoms with Gasteiger partial charge in [0.15, 0.2) is 0 Å². The van der Waals surface area contributed by atoms with Crippen LogP contribution in [0.3, 0.4) is 0 Å². The van der Waals surface area contributed by atoms with E-state index in [9.17, 15) is 4.79 Å². The van der Waals surface area contributed by atoms with Crippen LogP contribution < -0.4 is 10.8 Å². The monoisotopic (exact) mass is 240 g/mol. The second-order valence-electron chi connectivity index (χ2n) is 3.73. The summed E-state index contributed by atoms with van der Waals surface area (Å²) in [5.41, 5.74) is 0.310. The lowest BCUT2D eigenvalue weighted by Crippen LogP contribution is -2.33. The van der Waals surface area contributed by atoms with Gasteiger partial charge >= 0.3 is 7.12 Å². The van der Waals surface area contributed by atoms with Crippen LogP contribution in [0.2, 0.25) is 5.15 Å². The van der Waals surface area contributed by atoms with Crippen LogP contribution in [0, 0.1) is 0 Å². The molecule has 3 N–H and O–H groups in total. The normalized spacial score (nSPS) is 14.7. The molecule has 1 saturated carbocycles. The van der Waals surface area contributed by atoms with Crippen molar-refractivity contribution in [2.75, 3.05) is 0 Å². The van der Waals surface area contributed by atoms with E-state index in [-0.39, 0.29) is 28.1 Å². The Morgan fingerprint density at radius 1 is 1.56 bits per heavy atom. The average Bonchev–Trinajstić information content (AvgIpc) is 3.01. The summed E-state index contributed by atoms with van der Waals surface area (Å²) in [7, 11) is -1.66. The van der Waals surface area contributed by atoms with Gasteiger partial charge in [-0.1, -0.05) is 11.6 Å². The number of nitrogens with one attached hydrogen (secondary N) is 1. The lowest BCUT2D eigenvalue weighted by atomic mass is 9.81. The number of halogens is 1. The molecule has 1 amide bonds. The Hall–Kier alpha value is -1.11. The van der Waals surface area contributed by atoms with Crippen LogP contribution in [0.5, 0.6) is 0 Å². The highest BCUT2D eigenvalue weighted by Gasteiger charge is 2.25. The molecule has 0 aliphatic heterocycles. The van der Waals surface area contributed by atoms with Crippen LogP contribution in [0.25, 0.3) is 0 Å². The van der Waals surface area contributed by atoms with E-state index >= 15 is 0 Å². The summed E-state index contributed by atoms with van der Waals surface area (Å²) in [6.45, 7) is 0. The Morgan fingerprint density at radius 2 is 2.25 bits per heavy atom. The first-order valence-electron chi connectivity index (χ1n) is 4.90. The molecule has 5 nitrogen and oxygen atoms in total. The number of hydrogen-bond acceptors (Lipinski definition) is 4. The van der Waals surface area contributed by atoms with Gasteiger partial charge in [0.25, 0.3) is 5.91 Å². The van der Waals surface area contributed by atoms with Crippen molar-refractivity contribution in [2.24, 2.45) is 0 Å². The highest BCUT2D eigenvalue weighted by molar-refractivity contribution is 6.58. The summed E-state index contributed by atoms with van der Waals surface area (Å²) in [5, 5.41) is 20.7. The smallest absolute Gasteiger partial charge is 0.423 e. The number of carbonyl (C=O) groups excluding carboxylic acids is 1. The third-order valence-corrected chi connectivity index (χ3v) is 2.62. The van der Waals surface area contributed by atoms with Crippen LogP contribution in [0.1, 0.15) is 23.2 Å². The van der Waals surface area contributed by atoms with Crippen molar-refractivity contribution in [1.29, 1.82) is 0 Å². The molecule has 0 spiro atoms. The van der Waals surface area contributed by atoms with Gasteiger partial charge < -0.3 is 15.4 Å². The zero-order valence-electron chi connectivity index (χ0n) is 8.35. The van der Waals surface area contributed by atoms with Crippen molar-refractivity contribution < 1.29 is 14.8 Å². The third kappa shape index (κ3) is 2.52. The number of amides is 1. The molecule has 0 bridgehead atoms. The molecule has 1 aromatic heterocycles. The van der Waals surface area contributed by atoms with Crippen molar-refractivity contribution in [3.8, 4) is 0 Å². The first-order chi connectivity index (χ1) is 7.58. The van der Waals surface area contributed by atoms with Gasteiger partial charge in [0.1, 0.15) is 5.15 Å². The van der Waals surface area contributed by atoms with Gasteiger partial charge in [-0.3, -0.25) is 4.79 Å². The fraction of sp³-hybridized carbons (Fsp3) is 0.333. The lowest BCUT2D eigenvalue weighted by Gasteiger charge is -2.06. The fourth-order valence-electron chi connectivity index (χ4n) is 1.26. The van der Waals surface area contributed by atoms with Gasteiger partial charge in [0.05, 0.1) is 5.56 Å². The van der Waals surface area contributed by atoms with E-state index in [4.69, 9.17) is 21.6 Å². The Bertz CT molecular complexity index is 423. The predicted octanol–water partition coefficient (Wildman–Crippen LogP) is -0.693. The zero-order valence-corrected chi connectivity index (χ0v) is 9.11. The molecule has 0 atom stereocenters. The summed E-state index contributed by atoms with van der Waals surface area (Å²) in [5.74, 6) is -0.331. The molecule has 1 aromatic rings. The summed E-state index contributed by atoms with van der Waals surface area (Å²) in [6, 6.07) is 1.55. The zero-order chi connectivity index (χ0) is 11.7. The number of rotatable bonds is 3. The Kier molecular flexibility index (Phi) is 3.14. The molecule has 1 aliphatic rings. The highest BCUT2D eigenvalue weighted by Crippen LogP contribution is 2.20. The van der Waals surface area contributed by atoms with Crippen molar-refractivity contribution in [1.82, 2.24) is 10.3 Å². The molecular weight excluding hydrogens is 230 g/mol. The average molecular weight is 240 g/mol. The number of hydrogen-bond donors (Lipinski definition) is 3. The molecule has 2 rings (SSSR count). The summed E-state index contributed by atoms with van der Waals surface area (Å²) >= 11 is 5.76. The standard InChI is InChI=1S/C9H10BClN2O3/c11-8-7(9(14)13-6-1-2-6)3-5(4-12-8)10(15)16/h3-4,6,15-16H,1-2H2,(H,13,14). The van der Waals surface area contributed by atoms with Crippen molar-refractivity contribution >= 4 is 30.1 Å². The fourth-order valence-corrected chi connectivity index (χ4v) is 1.44. The molecule has 1 aliphatic carbocycles. The molecule has 7 heteroatoms. The summed E-state index contributed by atoms with van der Waals surface area (Å²) < 4.78 is 0. The maximum Gasteiger partial charge on any atom is 0.490 e. The minimum absolute atomic E-state index is 0.0579. The van der Waals surface area contributed by atoms with Crippen LogP contribution in [-0.2, 0) is 0 Å². The first kappa shape index (κ1) is 11.4. The van der Waals surface area contributed by atoms with Crippen LogP contribution in [0.15, 0.2) is 12.3 Å². The number of pyridine rings is 1. The van der Waals surface area contributed by atoms with Gasteiger partial charge in [-0.2, -0.15) is 0 Å². The molecule has 1 fully saturated rings. The maximum atomic E-state index is 11.7. The van der Waals surface area contributed by atoms with Crippen LogP contribution >= 0.6 is 11.6 Å².